The van der Waals surface area contributed by atoms with Crippen LogP contribution in [0.4, 0.5) is 0 Å². The molecule has 0 aliphatic rings. The molecule has 7 nitrogen and oxygen atoms in total. The monoisotopic (exact) mass is 366 g/mol. The molecule has 140 valence electrons. The van der Waals surface area contributed by atoms with E-state index >= 15 is 0 Å². The molecule has 1 amide bonds. The number of pyridine rings is 1. The number of aryl methyl sites for hydroxylation is 1. The van der Waals surface area contributed by atoms with Gasteiger partial charge >= 0.3 is 0 Å². The fraction of sp³-hybridized carbons (Fsp3) is 0.250. The number of methoxy groups -OCH3 is 2. The molecule has 0 fully saturated rings. The fourth-order valence-corrected chi connectivity index (χ4v) is 2.71. The van der Waals surface area contributed by atoms with E-state index in [4.69, 9.17) is 9.47 Å². The van der Waals surface area contributed by atoms with Crippen LogP contribution in [0.25, 0.3) is 5.82 Å². The summed E-state index contributed by atoms with van der Waals surface area (Å²) in [6.07, 6.45) is 6.16. The van der Waals surface area contributed by atoms with Gasteiger partial charge in [0.2, 0.25) is 5.91 Å². The van der Waals surface area contributed by atoms with Gasteiger partial charge in [-0.2, -0.15) is 5.10 Å². The lowest BCUT2D eigenvalue weighted by molar-refractivity contribution is -0.121. The molecule has 0 saturated carbocycles. The first-order chi connectivity index (χ1) is 13.2. The number of nitrogens with one attached hydrogen (secondary N) is 1. The van der Waals surface area contributed by atoms with Crippen LogP contribution >= 0.6 is 0 Å². The highest BCUT2D eigenvalue weighted by molar-refractivity contribution is 5.76. The van der Waals surface area contributed by atoms with Crippen molar-refractivity contribution in [2.45, 2.75) is 19.4 Å². The Labute approximate surface area is 158 Å². The van der Waals surface area contributed by atoms with Crippen LogP contribution in [-0.4, -0.2) is 34.9 Å². The Morgan fingerprint density at radius 1 is 1.15 bits per heavy atom. The molecular formula is C20H22N4O3. The second kappa shape index (κ2) is 8.84. The van der Waals surface area contributed by atoms with Crippen molar-refractivity contribution in [1.82, 2.24) is 20.1 Å². The molecule has 0 unspecified atom stereocenters. The maximum atomic E-state index is 12.2. The lowest BCUT2D eigenvalue weighted by Crippen LogP contribution is -2.23. The second-order valence-electron chi connectivity index (χ2n) is 5.93. The van der Waals surface area contributed by atoms with Gasteiger partial charge in [-0.25, -0.2) is 9.67 Å². The maximum absolute atomic E-state index is 12.2. The van der Waals surface area contributed by atoms with E-state index in [2.05, 4.69) is 15.4 Å². The zero-order valence-corrected chi connectivity index (χ0v) is 15.4. The summed E-state index contributed by atoms with van der Waals surface area (Å²) in [5.41, 5.74) is 1.90. The summed E-state index contributed by atoms with van der Waals surface area (Å²) in [7, 11) is 3.23. The predicted molar refractivity (Wildman–Crippen MR) is 101 cm³/mol. The Hall–Kier alpha value is -3.35. The summed E-state index contributed by atoms with van der Waals surface area (Å²) in [6, 6.07) is 11.2. The van der Waals surface area contributed by atoms with E-state index in [1.807, 2.05) is 42.6 Å². The van der Waals surface area contributed by atoms with E-state index in [1.165, 1.54) is 0 Å². The molecule has 1 N–H and O–H groups in total. The second-order valence-corrected chi connectivity index (χ2v) is 5.93. The SMILES string of the molecule is COc1ccc(OC)c(CCC(=O)NCc2ccnc(-n3cccn3)c2)c1. The molecule has 2 heterocycles. The summed E-state index contributed by atoms with van der Waals surface area (Å²) in [4.78, 5) is 16.5. The quantitative estimate of drug-likeness (QED) is 0.663. The van der Waals surface area contributed by atoms with Crippen molar-refractivity contribution < 1.29 is 14.3 Å². The highest BCUT2D eigenvalue weighted by Gasteiger charge is 2.09. The smallest absolute Gasteiger partial charge is 0.220 e. The summed E-state index contributed by atoms with van der Waals surface area (Å²) < 4.78 is 12.3. The van der Waals surface area contributed by atoms with E-state index in [9.17, 15) is 4.79 Å². The molecule has 0 bridgehead atoms. The van der Waals surface area contributed by atoms with Gasteiger partial charge in [-0.15, -0.1) is 0 Å². The Kier molecular flexibility index (Phi) is 6.04. The van der Waals surface area contributed by atoms with E-state index < -0.39 is 0 Å². The standard InChI is InChI=1S/C20H22N4O3/c1-26-17-5-6-18(27-2)16(13-17)4-7-20(25)22-14-15-8-10-21-19(12-15)24-11-3-9-23-24/h3,5-6,8-13H,4,7,14H2,1-2H3,(H,22,25). The van der Waals surface area contributed by atoms with Gasteiger partial charge in [0.1, 0.15) is 11.5 Å². The van der Waals surface area contributed by atoms with Crippen LogP contribution in [0.3, 0.4) is 0 Å². The van der Waals surface area contributed by atoms with Crippen molar-refractivity contribution in [3.8, 4) is 17.3 Å². The minimum Gasteiger partial charge on any atom is -0.497 e. The minimum atomic E-state index is -0.0303. The van der Waals surface area contributed by atoms with Crippen molar-refractivity contribution in [3.05, 3.63) is 66.1 Å². The molecule has 27 heavy (non-hydrogen) atoms. The van der Waals surface area contributed by atoms with Gasteiger partial charge in [0.25, 0.3) is 0 Å². The van der Waals surface area contributed by atoms with Crippen LogP contribution in [-0.2, 0) is 17.8 Å². The van der Waals surface area contributed by atoms with Crippen molar-refractivity contribution in [2.75, 3.05) is 14.2 Å². The third-order valence-corrected chi connectivity index (χ3v) is 4.15. The predicted octanol–water partition coefficient (Wildman–Crippen LogP) is 2.53. The van der Waals surface area contributed by atoms with E-state index in [0.717, 1.165) is 22.6 Å². The van der Waals surface area contributed by atoms with Crippen LogP contribution in [0.2, 0.25) is 0 Å². The maximum Gasteiger partial charge on any atom is 0.220 e. The zero-order chi connectivity index (χ0) is 19.1. The third-order valence-electron chi connectivity index (χ3n) is 4.15. The average Bonchev–Trinajstić information content (AvgIpc) is 3.25. The van der Waals surface area contributed by atoms with Gasteiger partial charge in [-0.05, 0) is 53.9 Å². The number of rotatable bonds is 8. The molecule has 3 aromatic rings. The molecule has 0 aliphatic heterocycles. The number of hydrogen-bond donors (Lipinski definition) is 1. The molecule has 0 atom stereocenters. The topological polar surface area (TPSA) is 78.3 Å². The first-order valence-corrected chi connectivity index (χ1v) is 8.62. The van der Waals surface area contributed by atoms with Gasteiger partial charge < -0.3 is 14.8 Å². The summed E-state index contributed by atoms with van der Waals surface area (Å²) in [5, 5.41) is 7.10. The molecule has 2 aromatic heterocycles. The Morgan fingerprint density at radius 3 is 2.78 bits per heavy atom. The lowest BCUT2D eigenvalue weighted by Gasteiger charge is -2.11. The van der Waals surface area contributed by atoms with E-state index in [-0.39, 0.29) is 5.91 Å². The van der Waals surface area contributed by atoms with Crippen LogP contribution in [0, 0.1) is 0 Å². The lowest BCUT2D eigenvalue weighted by atomic mass is 10.1. The number of benzene rings is 1. The third kappa shape index (κ3) is 4.84. The number of hydrogen-bond acceptors (Lipinski definition) is 5. The normalized spacial score (nSPS) is 10.4. The summed E-state index contributed by atoms with van der Waals surface area (Å²) in [5.74, 6) is 2.18. The molecular weight excluding hydrogens is 344 g/mol. The van der Waals surface area contributed by atoms with Crippen molar-refractivity contribution in [1.29, 1.82) is 0 Å². The van der Waals surface area contributed by atoms with Gasteiger partial charge in [-0.3, -0.25) is 4.79 Å². The molecule has 0 aliphatic carbocycles. The molecule has 3 rings (SSSR count). The largest absolute Gasteiger partial charge is 0.497 e. The number of ether oxygens (including phenoxy) is 2. The number of aromatic nitrogens is 3. The minimum absolute atomic E-state index is 0.0303. The highest BCUT2D eigenvalue weighted by Crippen LogP contribution is 2.25. The number of nitrogens with zero attached hydrogens (tertiary/aromatic N) is 3. The molecule has 0 saturated heterocycles. The summed E-state index contributed by atoms with van der Waals surface area (Å²) >= 11 is 0. The molecule has 7 heteroatoms. The van der Waals surface area contributed by atoms with Crippen LogP contribution < -0.4 is 14.8 Å². The van der Waals surface area contributed by atoms with Crippen molar-refractivity contribution in [3.63, 3.8) is 0 Å². The Balaban J connectivity index is 1.55. The fourth-order valence-electron chi connectivity index (χ4n) is 2.71. The molecule has 1 aromatic carbocycles. The zero-order valence-electron chi connectivity index (χ0n) is 15.4. The molecule has 0 spiro atoms. The number of amides is 1. The van der Waals surface area contributed by atoms with Crippen LogP contribution in [0.5, 0.6) is 11.5 Å². The average molecular weight is 366 g/mol. The van der Waals surface area contributed by atoms with Crippen molar-refractivity contribution in [2.24, 2.45) is 0 Å². The van der Waals surface area contributed by atoms with Gasteiger partial charge in [0.15, 0.2) is 5.82 Å². The van der Waals surface area contributed by atoms with E-state index in [0.29, 0.717) is 25.2 Å². The first kappa shape index (κ1) is 18.4. The highest BCUT2D eigenvalue weighted by atomic mass is 16.5. The van der Waals surface area contributed by atoms with Gasteiger partial charge in [-0.1, -0.05) is 0 Å². The van der Waals surface area contributed by atoms with Crippen LogP contribution in [0.1, 0.15) is 17.5 Å². The number of carbonyl (C=O) groups excluding carboxylic acids is 1. The van der Waals surface area contributed by atoms with Crippen LogP contribution in [0.15, 0.2) is 55.0 Å². The Bertz CT molecular complexity index is 894. The van der Waals surface area contributed by atoms with E-state index in [1.54, 1.807) is 31.3 Å². The first-order valence-electron chi connectivity index (χ1n) is 8.62. The Morgan fingerprint density at radius 2 is 2.04 bits per heavy atom. The van der Waals surface area contributed by atoms with Crippen molar-refractivity contribution >= 4 is 5.91 Å². The number of carbonyl (C=O) groups is 1. The van der Waals surface area contributed by atoms with Gasteiger partial charge in [0.05, 0.1) is 14.2 Å². The van der Waals surface area contributed by atoms with Gasteiger partial charge in [0, 0.05) is 31.6 Å². The molecule has 0 radical (unpaired) electrons. The summed E-state index contributed by atoms with van der Waals surface area (Å²) in [6.45, 7) is 0.435.